The number of hydrogen-bond donors (Lipinski definition) is 1. The van der Waals surface area contributed by atoms with Crippen molar-refractivity contribution >= 4 is 17.8 Å². The first-order valence-corrected chi connectivity index (χ1v) is 11.8. The van der Waals surface area contributed by atoms with E-state index in [2.05, 4.69) is 31.3 Å². The molecule has 0 spiro atoms. The molecule has 7 nitrogen and oxygen atoms in total. The largest absolute Gasteiger partial charge is 0.459 e. The number of hydrogen-bond acceptors (Lipinski definition) is 4. The zero-order valence-electron chi connectivity index (χ0n) is 19.9. The number of anilines is 1. The van der Waals surface area contributed by atoms with Gasteiger partial charge in [0.15, 0.2) is 5.76 Å². The fourth-order valence-electron chi connectivity index (χ4n) is 4.01. The smallest absolute Gasteiger partial charge is 0.290 e. The van der Waals surface area contributed by atoms with Crippen LogP contribution >= 0.6 is 0 Å². The first-order chi connectivity index (χ1) is 17.0. The molecule has 0 unspecified atom stereocenters. The second-order valence-electron chi connectivity index (χ2n) is 9.11. The lowest BCUT2D eigenvalue weighted by Gasteiger charge is -2.21. The molecule has 7 heteroatoms. The molecule has 1 aliphatic carbocycles. The van der Waals surface area contributed by atoms with Crippen LogP contribution < -0.4 is 5.32 Å². The van der Waals surface area contributed by atoms with Crippen LogP contribution in [0.25, 0.3) is 16.9 Å². The van der Waals surface area contributed by atoms with Gasteiger partial charge < -0.3 is 9.32 Å². The quantitative estimate of drug-likeness (QED) is 0.383. The topological polar surface area (TPSA) is 80.4 Å². The van der Waals surface area contributed by atoms with E-state index in [1.807, 2.05) is 47.2 Å². The van der Waals surface area contributed by atoms with E-state index in [-0.39, 0.29) is 24.1 Å². The summed E-state index contributed by atoms with van der Waals surface area (Å²) in [5.74, 6) is 0.500. The molecule has 2 aromatic heterocycles. The molecule has 1 fully saturated rings. The third kappa shape index (κ3) is 5.19. The summed E-state index contributed by atoms with van der Waals surface area (Å²) >= 11 is 0. The van der Waals surface area contributed by atoms with Gasteiger partial charge in [-0.25, -0.2) is 4.98 Å². The molecule has 2 heterocycles. The molecule has 0 aliphatic heterocycles. The summed E-state index contributed by atoms with van der Waals surface area (Å²) in [6, 6.07) is 19.3. The minimum atomic E-state index is -0.305. The second kappa shape index (κ2) is 9.62. The summed E-state index contributed by atoms with van der Waals surface area (Å²) in [7, 11) is 0. The Morgan fingerprint density at radius 1 is 1.06 bits per heavy atom. The van der Waals surface area contributed by atoms with Gasteiger partial charge in [-0.1, -0.05) is 36.4 Å². The third-order valence-electron chi connectivity index (χ3n) is 6.32. The normalized spacial score (nSPS) is 13.0. The maximum absolute atomic E-state index is 13.2. The number of benzene rings is 2. The molecule has 2 aromatic carbocycles. The van der Waals surface area contributed by atoms with Crippen LogP contribution in [0.3, 0.4) is 0 Å². The van der Waals surface area contributed by atoms with Crippen LogP contribution in [0.4, 0.5) is 5.95 Å². The van der Waals surface area contributed by atoms with Crippen molar-refractivity contribution in [2.45, 2.75) is 26.7 Å². The molecule has 0 atom stereocenters. The Labute approximate surface area is 204 Å². The number of imidazole rings is 1. The van der Waals surface area contributed by atoms with Crippen molar-refractivity contribution in [3.8, 4) is 16.9 Å². The van der Waals surface area contributed by atoms with Gasteiger partial charge in [-0.05, 0) is 68.0 Å². The van der Waals surface area contributed by atoms with Gasteiger partial charge in [0.05, 0.1) is 12.0 Å². The van der Waals surface area contributed by atoms with Crippen LogP contribution in [-0.4, -0.2) is 39.4 Å². The van der Waals surface area contributed by atoms with Crippen molar-refractivity contribution in [2.75, 3.05) is 18.4 Å². The van der Waals surface area contributed by atoms with E-state index < -0.39 is 0 Å². The van der Waals surface area contributed by atoms with Crippen LogP contribution in [0.1, 0.15) is 34.5 Å². The highest BCUT2D eigenvalue weighted by Gasteiger charge is 2.30. The van der Waals surface area contributed by atoms with E-state index in [0.717, 1.165) is 35.3 Å². The lowest BCUT2D eigenvalue weighted by molar-refractivity contribution is -0.117. The van der Waals surface area contributed by atoms with Crippen LogP contribution in [-0.2, 0) is 4.79 Å². The molecule has 1 saturated carbocycles. The number of nitrogens with one attached hydrogen (secondary N) is 1. The lowest BCUT2D eigenvalue weighted by atomic mass is 10.1. The summed E-state index contributed by atoms with van der Waals surface area (Å²) in [4.78, 5) is 32.4. The lowest BCUT2D eigenvalue weighted by Crippen LogP contribution is -2.39. The molecule has 178 valence electrons. The van der Waals surface area contributed by atoms with Crippen molar-refractivity contribution in [2.24, 2.45) is 5.92 Å². The molecular formula is C28H28N4O3. The molecular weight excluding hydrogens is 440 g/mol. The number of furan rings is 1. The molecule has 4 aromatic rings. The summed E-state index contributed by atoms with van der Waals surface area (Å²) < 4.78 is 7.17. The molecule has 2 amide bonds. The number of aryl methyl sites for hydroxylation is 2. The molecule has 1 N–H and O–H groups in total. The Morgan fingerprint density at radius 3 is 2.54 bits per heavy atom. The number of nitrogens with zero attached hydrogens (tertiary/aromatic N) is 3. The number of aromatic nitrogens is 2. The van der Waals surface area contributed by atoms with Gasteiger partial charge in [0.25, 0.3) is 5.91 Å². The number of rotatable bonds is 8. The fraction of sp³-hybridized carbons (Fsp3) is 0.250. The predicted molar refractivity (Wildman–Crippen MR) is 134 cm³/mol. The van der Waals surface area contributed by atoms with Crippen molar-refractivity contribution in [1.82, 2.24) is 14.5 Å². The van der Waals surface area contributed by atoms with Crippen molar-refractivity contribution in [1.29, 1.82) is 0 Å². The zero-order valence-corrected chi connectivity index (χ0v) is 19.9. The van der Waals surface area contributed by atoms with E-state index in [1.54, 1.807) is 17.0 Å². The van der Waals surface area contributed by atoms with Gasteiger partial charge in [-0.15, -0.1) is 0 Å². The monoisotopic (exact) mass is 468 g/mol. The number of carbonyl (C=O) groups is 2. The Bertz CT molecular complexity index is 1340. The van der Waals surface area contributed by atoms with Crippen LogP contribution in [0.2, 0.25) is 0 Å². The van der Waals surface area contributed by atoms with Gasteiger partial charge in [0, 0.05) is 24.0 Å². The Balaban J connectivity index is 1.42. The van der Waals surface area contributed by atoms with Gasteiger partial charge in [-0.2, -0.15) is 0 Å². The first kappa shape index (κ1) is 22.7. The first-order valence-electron chi connectivity index (χ1n) is 11.8. The standard InChI is InChI=1S/C28H28N4O3/c1-19-10-13-23(15-20(19)2)32-17-24(22-7-4-3-5-8-22)29-28(32)30-26(33)18-31(16-21-11-12-21)27(34)25-9-6-14-35-25/h3-10,13-15,17,21H,11-12,16,18H2,1-2H3,(H,29,30,33). The molecule has 0 saturated heterocycles. The third-order valence-corrected chi connectivity index (χ3v) is 6.32. The summed E-state index contributed by atoms with van der Waals surface area (Å²) in [5, 5.41) is 2.95. The van der Waals surface area contributed by atoms with E-state index in [4.69, 9.17) is 9.40 Å². The van der Waals surface area contributed by atoms with Gasteiger partial charge in [-0.3, -0.25) is 19.5 Å². The van der Waals surface area contributed by atoms with Crippen molar-refractivity contribution < 1.29 is 14.0 Å². The van der Waals surface area contributed by atoms with Gasteiger partial charge in [0.1, 0.15) is 6.54 Å². The highest BCUT2D eigenvalue weighted by molar-refractivity contribution is 5.97. The Hall–Kier alpha value is -4.13. The average Bonchev–Trinajstić information content (AvgIpc) is 3.33. The van der Waals surface area contributed by atoms with E-state index in [9.17, 15) is 9.59 Å². The van der Waals surface area contributed by atoms with E-state index >= 15 is 0 Å². The zero-order chi connectivity index (χ0) is 24.4. The summed E-state index contributed by atoms with van der Waals surface area (Å²) in [6.07, 6.45) is 5.53. The fourth-order valence-corrected chi connectivity index (χ4v) is 4.01. The highest BCUT2D eigenvalue weighted by Crippen LogP contribution is 2.30. The molecule has 0 bridgehead atoms. The van der Waals surface area contributed by atoms with Crippen molar-refractivity contribution in [3.05, 3.63) is 90.0 Å². The van der Waals surface area contributed by atoms with Crippen LogP contribution in [0, 0.1) is 19.8 Å². The van der Waals surface area contributed by atoms with Gasteiger partial charge >= 0.3 is 0 Å². The average molecular weight is 469 g/mol. The molecule has 1 aliphatic rings. The van der Waals surface area contributed by atoms with Gasteiger partial charge in [0.2, 0.25) is 11.9 Å². The summed E-state index contributed by atoms with van der Waals surface area (Å²) in [6.45, 7) is 4.59. The van der Waals surface area contributed by atoms with Crippen LogP contribution in [0.5, 0.6) is 0 Å². The number of amides is 2. The minimum Gasteiger partial charge on any atom is -0.459 e. The highest BCUT2D eigenvalue weighted by atomic mass is 16.3. The maximum atomic E-state index is 13.2. The SMILES string of the molecule is Cc1ccc(-n2cc(-c3ccccc3)nc2NC(=O)CN(CC2CC2)C(=O)c2ccco2)cc1C. The van der Waals surface area contributed by atoms with Crippen molar-refractivity contribution in [3.63, 3.8) is 0 Å². The van der Waals surface area contributed by atoms with E-state index in [1.165, 1.54) is 11.8 Å². The molecule has 0 radical (unpaired) electrons. The minimum absolute atomic E-state index is 0.0729. The van der Waals surface area contributed by atoms with E-state index in [0.29, 0.717) is 18.4 Å². The summed E-state index contributed by atoms with van der Waals surface area (Å²) in [5.41, 5.74) is 4.94. The Kier molecular flexibility index (Phi) is 6.23. The molecule has 5 rings (SSSR count). The maximum Gasteiger partial charge on any atom is 0.290 e. The number of carbonyl (C=O) groups excluding carboxylic acids is 2. The van der Waals surface area contributed by atoms with Crippen LogP contribution in [0.15, 0.2) is 77.5 Å². The second-order valence-corrected chi connectivity index (χ2v) is 9.11. The predicted octanol–water partition coefficient (Wildman–Crippen LogP) is 5.24. The molecule has 35 heavy (non-hydrogen) atoms. The Morgan fingerprint density at radius 2 is 1.86 bits per heavy atom.